The highest BCUT2D eigenvalue weighted by atomic mass is 35.5. The summed E-state index contributed by atoms with van der Waals surface area (Å²) in [4.78, 5) is 42.4. The van der Waals surface area contributed by atoms with E-state index in [1.54, 1.807) is 35.4 Å². The summed E-state index contributed by atoms with van der Waals surface area (Å²) in [7, 11) is -4.68. The van der Waals surface area contributed by atoms with Gasteiger partial charge in [-0.2, -0.15) is 5.10 Å². The highest BCUT2D eigenvalue weighted by Crippen LogP contribution is 2.44. The van der Waals surface area contributed by atoms with Crippen molar-refractivity contribution in [1.82, 2.24) is 34.4 Å². The molecular formula is C48H47ClN10O6S. The van der Waals surface area contributed by atoms with Gasteiger partial charge in [-0.15, -0.1) is 0 Å². The van der Waals surface area contributed by atoms with Crippen LogP contribution in [-0.4, -0.2) is 94.3 Å². The number of allylic oxidation sites excluding steroid dienone is 1. The molecule has 10 rings (SSSR count). The SMILES string of the molecule is CC1(C)CCC(CN2CCN(c3ccc(C(=O)NS(=O)(=O)c4cc5c(c([N+](=O)[O-])c4)N[C@@H](Cc4ccccn4)CO5)c(-n4ncc5nc6[nH]ccc6cc54)c3)CC2)=C(c2ccc(Cl)cc2)C1. The van der Waals surface area contributed by atoms with Crippen molar-refractivity contribution in [2.75, 3.05) is 49.5 Å². The van der Waals surface area contributed by atoms with Crippen molar-refractivity contribution in [1.29, 1.82) is 0 Å². The summed E-state index contributed by atoms with van der Waals surface area (Å²) in [5.41, 5.74) is 7.65. The molecule has 3 aromatic carbocycles. The lowest BCUT2D eigenvalue weighted by Crippen LogP contribution is -2.47. The number of nitro groups is 1. The molecule has 1 aliphatic carbocycles. The van der Waals surface area contributed by atoms with Crippen LogP contribution in [0.5, 0.6) is 5.75 Å². The third-order valence-electron chi connectivity index (χ3n) is 12.8. The first-order chi connectivity index (χ1) is 31.8. The molecule has 0 saturated carbocycles. The Labute approximate surface area is 385 Å². The van der Waals surface area contributed by atoms with E-state index in [0.29, 0.717) is 28.8 Å². The second-order valence-corrected chi connectivity index (χ2v) is 20.1. The molecule has 18 heteroatoms. The number of hydrogen-bond donors (Lipinski definition) is 3. The minimum Gasteiger partial charge on any atom is -0.489 e. The van der Waals surface area contributed by atoms with Crippen LogP contribution < -0.4 is 19.7 Å². The van der Waals surface area contributed by atoms with E-state index < -0.39 is 31.4 Å². The van der Waals surface area contributed by atoms with Gasteiger partial charge in [0.2, 0.25) is 0 Å². The van der Waals surface area contributed by atoms with Crippen molar-refractivity contribution in [3.8, 4) is 11.4 Å². The van der Waals surface area contributed by atoms with Crippen molar-refractivity contribution in [3.05, 3.63) is 141 Å². The van der Waals surface area contributed by atoms with E-state index in [-0.39, 0.29) is 35.1 Å². The van der Waals surface area contributed by atoms with Gasteiger partial charge in [-0.05, 0) is 90.4 Å². The Morgan fingerprint density at radius 2 is 1.85 bits per heavy atom. The van der Waals surface area contributed by atoms with Crippen LogP contribution in [0.1, 0.15) is 54.7 Å². The number of nitrogens with zero attached hydrogens (tertiary/aromatic N) is 7. The topological polar surface area (TPSA) is 194 Å². The Morgan fingerprint density at radius 1 is 1.03 bits per heavy atom. The summed E-state index contributed by atoms with van der Waals surface area (Å²) in [6.45, 7) is 8.71. The van der Waals surface area contributed by atoms with Gasteiger partial charge < -0.3 is 19.9 Å². The number of sulfonamides is 1. The molecule has 338 valence electrons. The molecular weight excluding hydrogens is 880 g/mol. The molecule has 0 unspecified atom stereocenters. The predicted molar refractivity (Wildman–Crippen MR) is 254 cm³/mol. The van der Waals surface area contributed by atoms with Gasteiger partial charge in [0.1, 0.15) is 17.8 Å². The minimum absolute atomic E-state index is 0.0183. The lowest BCUT2D eigenvalue weighted by atomic mass is 9.72. The zero-order valence-corrected chi connectivity index (χ0v) is 37.9. The van der Waals surface area contributed by atoms with Crippen LogP contribution in [0.4, 0.5) is 17.1 Å². The number of aromatic nitrogens is 5. The molecule has 4 aromatic heterocycles. The van der Waals surface area contributed by atoms with Gasteiger partial charge in [0, 0.05) is 85.5 Å². The molecule has 1 amide bonds. The van der Waals surface area contributed by atoms with Gasteiger partial charge in [-0.1, -0.05) is 49.2 Å². The first-order valence-corrected chi connectivity index (χ1v) is 23.7. The Morgan fingerprint density at radius 3 is 2.62 bits per heavy atom. The fraction of sp³-hybridized carbons (Fsp3) is 0.292. The zero-order valence-electron chi connectivity index (χ0n) is 36.3. The Balaban J connectivity index is 0.925. The summed E-state index contributed by atoms with van der Waals surface area (Å²) >= 11 is 6.26. The lowest BCUT2D eigenvalue weighted by Gasteiger charge is -2.39. The number of ether oxygens (including phenoxy) is 1. The monoisotopic (exact) mass is 926 g/mol. The van der Waals surface area contributed by atoms with Crippen LogP contribution in [0.3, 0.4) is 0 Å². The normalized spacial score (nSPS) is 17.6. The number of anilines is 2. The first kappa shape index (κ1) is 43.1. The van der Waals surface area contributed by atoms with E-state index in [1.807, 2.05) is 48.5 Å². The van der Waals surface area contributed by atoms with Crippen LogP contribution in [0.2, 0.25) is 5.02 Å². The predicted octanol–water partition coefficient (Wildman–Crippen LogP) is 8.18. The number of nitrogens with one attached hydrogen (secondary N) is 3. The zero-order chi connectivity index (χ0) is 45.7. The van der Waals surface area contributed by atoms with Gasteiger partial charge in [0.05, 0.1) is 38.8 Å². The maximum Gasteiger partial charge on any atom is 0.297 e. The van der Waals surface area contributed by atoms with E-state index in [9.17, 15) is 23.3 Å². The Bertz CT molecular complexity index is 3160. The van der Waals surface area contributed by atoms with E-state index in [0.717, 1.165) is 79.8 Å². The highest BCUT2D eigenvalue weighted by molar-refractivity contribution is 7.90. The van der Waals surface area contributed by atoms with E-state index in [2.05, 4.69) is 60.9 Å². The van der Waals surface area contributed by atoms with Crippen molar-refractivity contribution in [2.45, 2.75) is 50.5 Å². The molecule has 1 fully saturated rings. The van der Waals surface area contributed by atoms with Gasteiger partial charge in [-0.3, -0.25) is 24.8 Å². The number of nitro benzene ring substituents is 1. The number of amides is 1. The number of carbonyl (C=O) groups excluding carboxylic acids is 1. The molecule has 6 heterocycles. The lowest BCUT2D eigenvalue weighted by molar-refractivity contribution is -0.384. The number of piperazine rings is 1. The number of fused-ring (bicyclic) bond motifs is 3. The second kappa shape index (κ2) is 17.2. The van der Waals surface area contributed by atoms with Crippen molar-refractivity contribution < 1.29 is 22.9 Å². The molecule has 3 N–H and O–H groups in total. The number of rotatable bonds is 11. The fourth-order valence-electron chi connectivity index (χ4n) is 9.29. The molecule has 7 aromatic rings. The minimum atomic E-state index is -4.68. The van der Waals surface area contributed by atoms with Gasteiger partial charge in [-0.25, -0.2) is 22.8 Å². The number of halogens is 1. The summed E-state index contributed by atoms with van der Waals surface area (Å²) in [6, 6.07) is 24.4. The third kappa shape index (κ3) is 8.68. The number of H-pyrrole nitrogens is 1. The number of pyridine rings is 2. The van der Waals surface area contributed by atoms with Crippen LogP contribution >= 0.6 is 11.6 Å². The number of hydrogen-bond acceptors (Lipinski definition) is 12. The fourth-order valence-corrected chi connectivity index (χ4v) is 10.4. The van der Waals surface area contributed by atoms with E-state index in [4.69, 9.17) is 21.3 Å². The molecule has 16 nitrogen and oxygen atoms in total. The second-order valence-electron chi connectivity index (χ2n) is 17.9. The molecule has 1 saturated heterocycles. The van der Waals surface area contributed by atoms with Gasteiger partial charge in [0.25, 0.3) is 21.6 Å². The van der Waals surface area contributed by atoms with E-state index >= 15 is 0 Å². The maximum atomic E-state index is 14.3. The number of benzene rings is 3. The molecule has 66 heavy (non-hydrogen) atoms. The number of aromatic amines is 1. The average molecular weight is 927 g/mol. The average Bonchev–Trinajstić information content (AvgIpc) is 3.95. The van der Waals surface area contributed by atoms with Crippen molar-refractivity contribution >= 4 is 72.2 Å². The molecule has 3 aliphatic rings. The molecule has 0 spiro atoms. The summed E-state index contributed by atoms with van der Waals surface area (Å²) in [6.07, 6.45) is 8.64. The van der Waals surface area contributed by atoms with Gasteiger partial charge >= 0.3 is 0 Å². The standard InChI is InChI=1S/C48H47ClN10O6S/c1-48(2)14-12-32(39(26-48)30-6-8-33(49)9-7-30)28-56-17-19-57(20-18-56)36-10-11-38(41(23-36)58-42-21-31-13-16-51-46(31)54-40(42)27-52-58)47(60)55-66(63,64)37-24-43(59(61)62)45-44(25-37)65-29-35(53-45)22-34-5-3-4-15-50-34/h3-11,13,15-16,21,23-25,27,35,53H,12,14,17-20,22,26,28-29H2,1-2H3,(H,51,54)(H,55,60)/t35-/m0/s1. The van der Waals surface area contributed by atoms with Gasteiger partial charge in [0.15, 0.2) is 11.4 Å². The van der Waals surface area contributed by atoms with Crippen LogP contribution in [0.25, 0.3) is 33.3 Å². The quantitative estimate of drug-likeness (QED) is 0.0834. The van der Waals surface area contributed by atoms with Crippen molar-refractivity contribution in [2.24, 2.45) is 5.41 Å². The Kier molecular flexibility index (Phi) is 11.2. The first-order valence-electron chi connectivity index (χ1n) is 21.9. The van der Waals surface area contributed by atoms with E-state index in [1.165, 1.54) is 22.8 Å². The van der Waals surface area contributed by atoms with Crippen LogP contribution in [0.15, 0.2) is 114 Å². The van der Waals surface area contributed by atoms with Crippen LogP contribution in [0, 0.1) is 15.5 Å². The summed E-state index contributed by atoms with van der Waals surface area (Å²) in [5, 5.41) is 21.7. The third-order valence-corrected chi connectivity index (χ3v) is 14.4. The summed E-state index contributed by atoms with van der Waals surface area (Å²) < 4.78 is 37.8. The van der Waals surface area contributed by atoms with Crippen LogP contribution in [-0.2, 0) is 16.4 Å². The maximum absolute atomic E-state index is 14.3. The molecule has 1 atom stereocenters. The molecule has 2 aliphatic heterocycles. The smallest absolute Gasteiger partial charge is 0.297 e. The summed E-state index contributed by atoms with van der Waals surface area (Å²) in [5.74, 6) is -0.969. The largest absolute Gasteiger partial charge is 0.489 e. The molecule has 0 bridgehead atoms. The van der Waals surface area contributed by atoms with Crippen molar-refractivity contribution in [3.63, 3.8) is 0 Å². The highest BCUT2D eigenvalue weighted by Gasteiger charge is 2.33. The number of carbonyl (C=O) groups is 1. The molecule has 0 radical (unpaired) electrons. The Hall–Kier alpha value is -6.82.